The summed E-state index contributed by atoms with van der Waals surface area (Å²) in [6.45, 7) is 2.10. The van der Waals surface area contributed by atoms with Crippen LogP contribution in [0, 0.1) is 0 Å². The molecule has 1 aromatic carbocycles. The Morgan fingerprint density at radius 2 is 2.10 bits per heavy atom. The molecule has 0 spiro atoms. The molecule has 0 aliphatic heterocycles. The number of nitrogens with zero attached hydrogens (tertiary/aromatic N) is 1. The number of pyridine rings is 1. The van der Waals surface area contributed by atoms with Gasteiger partial charge in [-0.1, -0.05) is 19.1 Å². The molecule has 0 fully saturated rings. The first kappa shape index (κ1) is 14.1. The highest BCUT2D eigenvalue weighted by molar-refractivity contribution is 5.40. The van der Waals surface area contributed by atoms with Crippen molar-refractivity contribution < 1.29 is 4.74 Å². The van der Waals surface area contributed by atoms with Crippen molar-refractivity contribution in [3.63, 3.8) is 0 Å². The van der Waals surface area contributed by atoms with E-state index in [9.17, 15) is 0 Å². The fourth-order valence-electron chi connectivity index (χ4n) is 2.82. The van der Waals surface area contributed by atoms with Crippen molar-refractivity contribution in [1.29, 1.82) is 0 Å². The third-order valence-corrected chi connectivity index (χ3v) is 4.14. The van der Waals surface area contributed by atoms with Crippen LogP contribution in [0.3, 0.4) is 0 Å². The van der Waals surface area contributed by atoms with E-state index in [0.29, 0.717) is 5.88 Å². The molecule has 3 nitrogen and oxygen atoms in total. The van der Waals surface area contributed by atoms with E-state index in [2.05, 4.69) is 24.0 Å². The fourth-order valence-corrected chi connectivity index (χ4v) is 2.82. The van der Waals surface area contributed by atoms with Crippen LogP contribution in [0.5, 0.6) is 11.6 Å². The van der Waals surface area contributed by atoms with Gasteiger partial charge in [0.25, 0.3) is 0 Å². The van der Waals surface area contributed by atoms with Gasteiger partial charge in [0.1, 0.15) is 5.75 Å². The molecule has 2 aromatic rings. The van der Waals surface area contributed by atoms with Crippen LogP contribution in [0.2, 0.25) is 0 Å². The highest BCUT2D eigenvalue weighted by Gasteiger charge is 2.13. The first-order chi connectivity index (χ1) is 10.3. The van der Waals surface area contributed by atoms with Crippen molar-refractivity contribution in [2.24, 2.45) is 5.73 Å². The Kier molecular flexibility index (Phi) is 4.20. The summed E-state index contributed by atoms with van der Waals surface area (Å²) in [6, 6.07) is 10.5. The summed E-state index contributed by atoms with van der Waals surface area (Å²) in [7, 11) is 0. The summed E-state index contributed by atoms with van der Waals surface area (Å²) in [5.41, 5.74) is 10.0. The first-order valence-corrected chi connectivity index (χ1v) is 7.75. The Morgan fingerprint density at radius 3 is 2.95 bits per heavy atom. The fraction of sp³-hybridized carbons (Fsp3) is 0.389. The number of fused-ring (bicyclic) bond motifs is 1. The van der Waals surface area contributed by atoms with Gasteiger partial charge in [-0.3, -0.25) is 0 Å². The summed E-state index contributed by atoms with van der Waals surface area (Å²) < 4.78 is 6.01. The van der Waals surface area contributed by atoms with Crippen molar-refractivity contribution in [2.45, 2.75) is 45.1 Å². The molecule has 2 N–H and O–H groups in total. The maximum atomic E-state index is 6.06. The van der Waals surface area contributed by atoms with E-state index in [1.54, 1.807) is 6.20 Å². The van der Waals surface area contributed by atoms with Gasteiger partial charge in [0.2, 0.25) is 5.88 Å². The van der Waals surface area contributed by atoms with Gasteiger partial charge in [-0.05, 0) is 61.4 Å². The van der Waals surface area contributed by atoms with E-state index < -0.39 is 0 Å². The summed E-state index contributed by atoms with van der Waals surface area (Å²) >= 11 is 0. The minimum atomic E-state index is 0.150. The molecule has 1 aliphatic rings. The largest absolute Gasteiger partial charge is 0.439 e. The predicted octanol–water partition coefficient (Wildman–Crippen LogP) is 3.64. The summed E-state index contributed by atoms with van der Waals surface area (Å²) in [4.78, 5) is 4.38. The zero-order chi connectivity index (χ0) is 14.7. The Morgan fingerprint density at radius 1 is 1.24 bits per heavy atom. The average Bonchev–Trinajstić information content (AvgIpc) is 2.96. The Balaban J connectivity index is 1.81. The molecule has 1 heterocycles. The monoisotopic (exact) mass is 282 g/mol. The number of hydrogen-bond donors (Lipinski definition) is 1. The molecule has 0 radical (unpaired) electrons. The second-order valence-electron chi connectivity index (χ2n) is 5.73. The van der Waals surface area contributed by atoms with E-state index in [1.165, 1.54) is 24.0 Å². The van der Waals surface area contributed by atoms with Gasteiger partial charge >= 0.3 is 0 Å². The minimum Gasteiger partial charge on any atom is -0.439 e. The smallest absolute Gasteiger partial charge is 0.222 e. The van der Waals surface area contributed by atoms with Crippen LogP contribution in [0.15, 0.2) is 36.5 Å². The molecule has 21 heavy (non-hydrogen) atoms. The standard InChI is InChI=1S/C18H22N2O/c1-2-16(19)11-15-7-4-10-20-18(15)21-17-9-8-13-5-3-6-14(13)12-17/h4,7-10,12,16H,2-3,5-6,11,19H2,1H3. The van der Waals surface area contributed by atoms with E-state index in [1.807, 2.05) is 18.2 Å². The molecule has 1 unspecified atom stereocenters. The van der Waals surface area contributed by atoms with Gasteiger partial charge in [0, 0.05) is 17.8 Å². The number of ether oxygens (including phenoxy) is 1. The van der Waals surface area contributed by atoms with Crippen molar-refractivity contribution in [2.75, 3.05) is 0 Å². The lowest BCUT2D eigenvalue weighted by molar-refractivity contribution is 0.452. The zero-order valence-electron chi connectivity index (χ0n) is 12.5. The van der Waals surface area contributed by atoms with Crippen molar-refractivity contribution >= 4 is 0 Å². The maximum absolute atomic E-state index is 6.06. The van der Waals surface area contributed by atoms with Crippen LogP contribution in [-0.4, -0.2) is 11.0 Å². The summed E-state index contributed by atoms with van der Waals surface area (Å²) in [5, 5.41) is 0. The molecule has 3 heteroatoms. The third-order valence-electron chi connectivity index (χ3n) is 4.14. The van der Waals surface area contributed by atoms with Crippen LogP contribution in [0.1, 0.15) is 36.5 Å². The minimum absolute atomic E-state index is 0.150. The second-order valence-corrected chi connectivity index (χ2v) is 5.73. The first-order valence-electron chi connectivity index (χ1n) is 7.75. The summed E-state index contributed by atoms with van der Waals surface area (Å²) in [6.07, 6.45) is 7.11. The van der Waals surface area contributed by atoms with E-state index in [4.69, 9.17) is 10.5 Å². The van der Waals surface area contributed by atoms with Gasteiger partial charge in [-0.2, -0.15) is 0 Å². The topological polar surface area (TPSA) is 48.1 Å². The molecule has 0 bridgehead atoms. The molecule has 3 rings (SSSR count). The lowest BCUT2D eigenvalue weighted by Crippen LogP contribution is -2.21. The van der Waals surface area contributed by atoms with Gasteiger partial charge in [0.05, 0.1) is 0 Å². The summed E-state index contributed by atoms with van der Waals surface area (Å²) in [5.74, 6) is 1.56. The van der Waals surface area contributed by atoms with Crippen LogP contribution in [0.4, 0.5) is 0 Å². The molecule has 1 aliphatic carbocycles. The predicted molar refractivity (Wildman–Crippen MR) is 84.7 cm³/mol. The normalized spacial score (nSPS) is 14.8. The average molecular weight is 282 g/mol. The van der Waals surface area contributed by atoms with Crippen molar-refractivity contribution in [3.05, 3.63) is 53.2 Å². The number of nitrogens with two attached hydrogens (primary N) is 1. The molecule has 1 aromatic heterocycles. The number of aromatic nitrogens is 1. The number of benzene rings is 1. The lowest BCUT2D eigenvalue weighted by Gasteiger charge is -2.13. The molecule has 0 saturated carbocycles. The highest BCUT2D eigenvalue weighted by Crippen LogP contribution is 2.29. The molecule has 1 atom stereocenters. The Bertz CT molecular complexity index is 624. The molecular formula is C18H22N2O. The Labute approximate surface area is 126 Å². The van der Waals surface area contributed by atoms with Crippen LogP contribution in [-0.2, 0) is 19.3 Å². The number of aryl methyl sites for hydroxylation is 2. The molecule has 0 saturated heterocycles. The quantitative estimate of drug-likeness (QED) is 0.910. The van der Waals surface area contributed by atoms with Crippen LogP contribution < -0.4 is 10.5 Å². The van der Waals surface area contributed by atoms with Gasteiger partial charge in [-0.15, -0.1) is 0 Å². The zero-order valence-corrected chi connectivity index (χ0v) is 12.5. The molecule has 0 amide bonds. The number of hydrogen-bond acceptors (Lipinski definition) is 3. The van der Waals surface area contributed by atoms with Gasteiger partial charge in [0.15, 0.2) is 0 Å². The Hall–Kier alpha value is -1.87. The lowest BCUT2D eigenvalue weighted by atomic mass is 10.1. The van der Waals surface area contributed by atoms with E-state index in [-0.39, 0.29) is 6.04 Å². The van der Waals surface area contributed by atoms with E-state index in [0.717, 1.165) is 30.6 Å². The second kappa shape index (κ2) is 6.27. The van der Waals surface area contributed by atoms with Crippen LogP contribution >= 0.6 is 0 Å². The SMILES string of the molecule is CCC(N)Cc1cccnc1Oc1ccc2c(c1)CCC2. The van der Waals surface area contributed by atoms with Gasteiger partial charge < -0.3 is 10.5 Å². The number of rotatable bonds is 5. The third kappa shape index (κ3) is 3.24. The van der Waals surface area contributed by atoms with Crippen molar-refractivity contribution in [1.82, 2.24) is 4.98 Å². The molecular weight excluding hydrogens is 260 g/mol. The van der Waals surface area contributed by atoms with Gasteiger partial charge in [-0.25, -0.2) is 4.98 Å². The van der Waals surface area contributed by atoms with Crippen molar-refractivity contribution in [3.8, 4) is 11.6 Å². The van der Waals surface area contributed by atoms with Crippen LogP contribution in [0.25, 0.3) is 0 Å². The highest BCUT2D eigenvalue weighted by atomic mass is 16.5. The van der Waals surface area contributed by atoms with E-state index >= 15 is 0 Å². The maximum Gasteiger partial charge on any atom is 0.222 e. The molecule has 110 valence electrons.